The van der Waals surface area contributed by atoms with Gasteiger partial charge in [0, 0.05) is 6.54 Å². The zero-order valence-corrected chi connectivity index (χ0v) is 5.40. The summed E-state index contributed by atoms with van der Waals surface area (Å²) in [5.74, 6) is 0. The van der Waals surface area contributed by atoms with Gasteiger partial charge in [0.25, 0.3) is 0 Å². The van der Waals surface area contributed by atoms with Crippen LogP contribution in [0.25, 0.3) is 0 Å². The van der Waals surface area contributed by atoms with Gasteiger partial charge in [-0.1, -0.05) is 0 Å². The van der Waals surface area contributed by atoms with Gasteiger partial charge in [0.2, 0.25) is 0 Å². The lowest BCUT2D eigenvalue weighted by Gasteiger charge is -1.80. The minimum absolute atomic E-state index is 0.866. The van der Waals surface area contributed by atoms with E-state index in [0.717, 1.165) is 10.4 Å². The zero-order chi connectivity index (χ0) is 4.41. The Balaban J connectivity index is 2.45. The highest BCUT2D eigenvalue weighted by Crippen LogP contribution is 2.21. The number of rotatable bonds is 0. The first kappa shape index (κ1) is 4.68. The van der Waals surface area contributed by atoms with Gasteiger partial charge in [-0.05, 0) is 34.0 Å². The summed E-state index contributed by atoms with van der Waals surface area (Å²) in [5, 5.41) is 0. The average molecular weight is 165 g/mol. The van der Waals surface area contributed by atoms with E-state index in [1.165, 1.54) is 0 Å². The molecule has 3 heteroatoms. The van der Waals surface area contributed by atoms with Crippen LogP contribution in [0.1, 0.15) is 0 Å². The summed E-state index contributed by atoms with van der Waals surface area (Å²) < 4.78 is 4.07. The largest absolute Gasteiger partial charge is 0.255 e. The highest BCUT2D eigenvalue weighted by atomic mass is 79.9. The summed E-state index contributed by atoms with van der Waals surface area (Å²) in [6, 6.07) is 0. The lowest BCUT2D eigenvalue weighted by molar-refractivity contribution is 1.13. The van der Waals surface area contributed by atoms with Crippen molar-refractivity contribution in [1.29, 1.82) is 0 Å². The van der Waals surface area contributed by atoms with E-state index in [2.05, 4.69) is 26.7 Å². The second-order valence-corrected chi connectivity index (χ2v) is 3.09. The first-order valence-electron chi connectivity index (χ1n) is 1.55. The zero-order valence-electron chi connectivity index (χ0n) is 2.99. The number of nitrogens with one attached hydrogen (secondary N) is 1. The summed E-state index contributed by atoms with van der Waals surface area (Å²) in [7, 11) is 0. The monoisotopic (exact) mass is 164 g/mol. The van der Waals surface area contributed by atoms with Crippen LogP contribution < -0.4 is 4.72 Å². The molecule has 0 aliphatic carbocycles. The minimum Gasteiger partial charge on any atom is -0.255 e. The fourth-order valence-corrected chi connectivity index (χ4v) is 1.14. The van der Waals surface area contributed by atoms with Crippen molar-refractivity contribution < 1.29 is 0 Å². The highest BCUT2D eigenvalue weighted by molar-refractivity contribution is 9.14. The van der Waals surface area contributed by atoms with Gasteiger partial charge in [-0.3, -0.25) is 4.72 Å². The summed E-state index contributed by atoms with van der Waals surface area (Å²) >= 11 is 4.81. The number of hydrogen-bond acceptors (Lipinski definition) is 2. The van der Waals surface area contributed by atoms with Crippen LogP contribution in [0, 0.1) is 6.08 Å². The predicted octanol–water partition coefficient (Wildman–Crippen LogP) is 1.28. The molecule has 0 bridgehead atoms. The molecule has 1 radical (unpaired) electrons. The molecule has 1 nitrogen and oxygen atoms in total. The van der Waals surface area contributed by atoms with Crippen LogP contribution in [0.2, 0.25) is 0 Å². The molecule has 0 unspecified atom stereocenters. The maximum absolute atomic E-state index is 3.24. The Hall–Kier alpha value is 0.530. The van der Waals surface area contributed by atoms with Crippen molar-refractivity contribution in [2.24, 2.45) is 0 Å². The number of hydrogen-bond donors (Lipinski definition) is 1. The second kappa shape index (κ2) is 2.00. The van der Waals surface area contributed by atoms with Crippen LogP contribution >= 0.6 is 27.9 Å². The van der Waals surface area contributed by atoms with Crippen molar-refractivity contribution in [2.45, 2.75) is 0 Å². The van der Waals surface area contributed by atoms with E-state index in [9.17, 15) is 0 Å². The lowest BCUT2D eigenvalue weighted by atomic mass is 10.7. The molecule has 1 aliphatic heterocycles. The number of halogens is 1. The Morgan fingerprint density at radius 1 is 2.00 bits per heavy atom. The topological polar surface area (TPSA) is 12.0 Å². The van der Waals surface area contributed by atoms with Gasteiger partial charge in [0.1, 0.15) is 0 Å². The molecule has 6 heavy (non-hydrogen) atoms. The summed E-state index contributed by atoms with van der Waals surface area (Å²) in [4.78, 5) is 0. The van der Waals surface area contributed by atoms with Crippen LogP contribution in [0.3, 0.4) is 0 Å². The van der Waals surface area contributed by atoms with Crippen LogP contribution in [-0.4, -0.2) is 6.54 Å². The molecular weight excluding hydrogens is 162 g/mol. The van der Waals surface area contributed by atoms with Crippen molar-refractivity contribution in [3.63, 3.8) is 0 Å². The standard InChI is InChI=1S/C3H3BrNS/c4-3-1-2-5-6-3/h5H,2H2. The third-order valence-electron chi connectivity index (χ3n) is 0.461. The molecule has 0 aromatic heterocycles. The predicted molar refractivity (Wildman–Crippen MR) is 31.3 cm³/mol. The van der Waals surface area contributed by atoms with Gasteiger partial charge in [-0.15, -0.1) is 0 Å². The molecule has 0 atom stereocenters. The van der Waals surface area contributed by atoms with Crippen LogP contribution in [0.5, 0.6) is 0 Å². The van der Waals surface area contributed by atoms with E-state index in [4.69, 9.17) is 0 Å². The first-order valence-corrected chi connectivity index (χ1v) is 3.16. The van der Waals surface area contributed by atoms with E-state index >= 15 is 0 Å². The Bertz CT molecular complexity index is 80.9. The molecule has 1 N–H and O–H groups in total. The molecule has 1 aliphatic rings. The Morgan fingerprint density at radius 3 is 3.00 bits per heavy atom. The maximum atomic E-state index is 3.24. The summed E-state index contributed by atoms with van der Waals surface area (Å²) in [5.41, 5.74) is 0. The van der Waals surface area contributed by atoms with Gasteiger partial charge < -0.3 is 0 Å². The molecule has 33 valence electrons. The lowest BCUT2D eigenvalue weighted by Crippen LogP contribution is -1.93. The molecule has 1 rings (SSSR count). The smallest absolute Gasteiger partial charge is 0.0706 e. The van der Waals surface area contributed by atoms with Crippen LogP contribution in [-0.2, 0) is 0 Å². The molecule has 0 fully saturated rings. The fourth-order valence-electron chi connectivity index (χ4n) is 0.241. The molecule has 0 aromatic rings. The highest BCUT2D eigenvalue weighted by Gasteiger charge is 1.97. The van der Waals surface area contributed by atoms with Crippen molar-refractivity contribution in [3.05, 3.63) is 9.89 Å². The molecule has 0 aromatic carbocycles. The van der Waals surface area contributed by atoms with E-state index in [0.29, 0.717) is 0 Å². The van der Waals surface area contributed by atoms with Crippen molar-refractivity contribution in [2.75, 3.05) is 6.54 Å². The summed E-state index contributed by atoms with van der Waals surface area (Å²) in [6.45, 7) is 0.866. The maximum Gasteiger partial charge on any atom is 0.0706 e. The first-order chi connectivity index (χ1) is 2.89. The minimum atomic E-state index is 0.866. The molecular formula is C3H3BrNS. The van der Waals surface area contributed by atoms with Crippen LogP contribution in [0.4, 0.5) is 0 Å². The van der Waals surface area contributed by atoms with Gasteiger partial charge >= 0.3 is 0 Å². The van der Waals surface area contributed by atoms with Crippen LogP contribution in [0.15, 0.2) is 3.81 Å². The van der Waals surface area contributed by atoms with Crippen molar-refractivity contribution >= 4 is 27.9 Å². The van der Waals surface area contributed by atoms with Crippen molar-refractivity contribution in [3.8, 4) is 0 Å². The Kier molecular flexibility index (Phi) is 1.56. The fraction of sp³-hybridized carbons (Fsp3) is 0.333. The third kappa shape index (κ3) is 0.996. The molecule has 0 saturated heterocycles. The van der Waals surface area contributed by atoms with Crippen molar-refractivity contribution in [1.82, 2.24) is 4.72 Å². The average Bonchev–Trinajstić information content (AvgIpc) is 1.86. The summed E-state index contributed by atoms with van der Waals surface area (Å²) in [6.07, 6.45) is 3.00. The van der Waals surface area contributed by atoms with Gasteiger partial charge in [-0.2, -0.15) is 0 Å². The molecule has 0 saturated carbocycles. The van der Waals surface area contributed by atoms with Gasteiger partial charge in [-0.25, -0.2) is 0 Å². The second-order valence-electron chi connectivity index (χ2n) is 0.874. The van der Waals surface area contributed by atoms with Gasteiger partial charge in [0.05, 0.1) is 3.81 Å². The van der Waals surface area contributed by atoms with E-state index in [1.807, 2.05) is 0 Å². The SMILES string of the molecule is BrC1=[C]CNS1. The Labute approximate surface area is 49.4 Å². The third-order valence-corrected chi connectivity index (χ3v) is 1.84. The molecule has 0 spiro atoms. The molecule has 0 amide bonds. The normalized spacial score (nSPS) is 21.2. The quantitative estimate of drug-likeness (QED) is 0.542. The molecule has 1 heterocycles. The van der Waals surface area contributed by atoms with Gasteiger partial charge in [0.15, 0.2) is 0 Å². The van der Waals surface area contributed by atoms with E-state index < -0.39 is 0 Å². The van der Waals surface area contributed by atoms with E-state index in [1.54, 1.807) is 11.9 Å². The Morgan fingerprint density at radius 2 is 2.83 bits per heavy atom. The van der Waals surface area contributed by atoms with E-state index in [-0.39, 0.29) is 0 Å².